The molecule has 0 amide bonds. The van der Waals surface area contributed by atoms with E-state index < -0.39 is 22.0 Å². The van der Waals surface area contributed by atoms with Crippen LogP contribution in [0.15, 0.2) is 60.0 Å². The third kappa shape index (κ3) is 4.73. The molecule has 2 heterocycles. The third-order valence-electron chi connectivity index (χ3n) is 4.84. The maximum Gasteiger partial charge on any atom is 0.297 e. The average Bonchev–Trinajstić information content (AvgIpc) is 3.38. The van der Waals surface area contributed by atoms with Crippen molar-refractivity contribution in [3.63, 3.8) is 0 Å². The highest BCUT2D eigenvalue weighted by Crippen LogP contribution is 2.39. The summed E-state index contributed by atoms with van der Waals surface area (Å²) in [6, 6.07) is 11.4. The van der Waals surface area contributed by atoms with Crippen LogP contribution in [0.1, 0.15) is 11.1 Å². The molecule has 1 aromatic heterocycles. The molecule has 164 valence electrons. The van der Waals surface area contributed by atoms with E-state index in [2.05, 4.69) is 10.1 Å². The molecule has 4 rings (SSSR count). The van der Waals surface area contributed by atoms with Crippen LogP contribution in [0.2, 0.25) is 5.02 Å². The number of nitrogens with two attached hydrogens (primary N) is 1. The molecule has 0 saturated carbocycles. The maximum absolute atomic E-state index is 12.5. The molecule has 2 N–H and O–H groups in total. The number of aromatic nitrogens is 3. The number of hydrogen-bond donors (Lipinski definition) is 1. The molecule has 0 spiro atoms. The van der Waals surface area contributed by atoms with Crippen LogP contribution in [0.5, 0.6) is 0 Å². The molecule has 1 aliphatic rings. The van der Waals surface area contributed by atoms with E-state index in [1.165, 1.54) is 24.8 Å². The molecule has 0 bridgehead atoms. The monoisotopic (exact) mass is 464 g/mol. The summed E-state index contributed by atoms with van der Waals surface area (Å²) in [7, 11) is -3.94. The van der Waals surface area contributed by atoms with Gasteiger partial charge in [0, 0.05) is 16.3 Å². The van der Waals surface area contributed by atoms with Crippen molar-refractivity contribution in [2.45, 2.75) is 30.3 Å². The van der Waals surface area contributed by atoms with Gasteiger partial charge in [0.25, 0.3) is 10.1 Å². The third-order valence-corrected chi connectivity index (χ3v) is 6.37. The Morgan fingerprint density at radius 1 is 1.29 bits per heavy atom. The highest BCUT2D eigenvalue weighted by atomic mass is 35.5. The number of aryl methyl sites for hydroxylation is 1. The van der Waals surface area contributed by atoms with E-state index in [0.29, 0.717) is 16.3 Å². The summed E-state index contributed by atoms with van der Waals surface area (Å²) in [6.07, 6.45) is 2.26. The predicted molar refractivity (Wildman–Crippen MR) is 113 cm³/mol. The number of halogens is 1. The lowest BCUT2D eigenvalue weighted by Crippen LogP contribution is -2.35. The average molecular weight is 465 g/mol. The van der Waals surface area contributed by atoms with Gasteiger partial charge in [0.05, 0.1) is 18.1 Å². The Kier molecular flexibility index (Phi) is 6.00. The molecule has 9 nitrogen and oxygen atoms in total. The number of rotatable bonds is 7. The Balaban J connectivity index is 1.53. The van der Waals surface area contributed by atoms with Gasteiger partial charge in [-0.3, -0.25) is 4.18 Å². The normalized spacial score (nSPS) is 21.4. The number of nitrogen functional groups attached to an aromatic ring is 1. The molecule has 1 saturated heterocycles. The molecule has 2 aromatic carbocycles. The number of hydrogen-bond acceptors (Lipinski definition) is 8. The van der Waals surface area contributed by atoms with Crippen molar-refractivity contribution in [1.82, 2.24) is 14.8 Å². The summed E-state index contributed by atoms with van der Waals surface area (Å²) < 4.78 is 44.0. The van der Waals surface area contributed by atoms with E-state index in [1.807, 2.05) is 6.92 Å². The van der Waals surface area contributed by atoms with Gasteiger partial charge in [0.15, 0.2) is 0 Å². The molecule has 2 unspecified atom stereocenters. The zero-order valence-electron chi connectivity index (χ0n) is 16.6. The summed E-state index contributed by atoms with van der Waals surface area (Å²) in [6.45, 7) is 1.90. The van der Waals surface area contributed by atoms with Gasteiger partial charge in [0.1, 0.15) is 25.3 Å². The zero-order chi connectivity index (χ0) is 22.1. The maximum atomic E-state index is 12.5. The molecule has 1 fully saturated rings. The fraction of sp³-hybridized carbons (Fsp3) is 0.300. The molecule has 31 heavy (non-hydrogen) atoms. The Hall–Kier alpha value is -2.50. The van der Waals surface area contributed by atoms with Crippen LogP contribution in [0.25, 0.3) is 0 Å². The van der Waals surface area contributed by atoms with Gasteiger partial charge < -0.3 is 15.2 Å². The van der Waals surface area contributed by atoms with Gasteiger partial charge in [0.2, 0.25) is 5.79 Å². The number of anilines is 1. The van der Waals surface area contributed by atoms with E-state index in [-0.39, 0.29) is 24.7 Å². The zero-order valence-corrected chi connectivity index (χ0v) is 18.2. The number of benzene rings is 2. The SMILES string of the molecule is Cc1ccc(S(=O)(=O)OCC2COC(Cn3cncn3)(c3ccc(Cl)cc3N)O2)cc1. The van der Waals surface area contributed by atoms with E-state index in [9.17, 15) is 8.42 Å². The van der Waals surface area contributed by atoms with Gasteiger partial charge in [-0.2, -0.15) is 13.5 Å². The largest absolute Gasteiger partial charge is 0.398 e. The highest BCUT2D eigenvalue weighted by Gasteiger charge is 2.45. The standard InChI is InChI=1S/C20H21ClN4O5S/c1-14-2-5-17(6-3-14)31(26,27)29-10-16-9-28-20(30-16,11-25-13-23-12-24-25)18-7-4-15(21)8-19(18)22/h2-8,12-13,16H,9-11,22H2,1H3. The van der Waals surface area contributed by atoms with Crippen LogP contribution in [-0.2, 0) is 36.1 Å². The molecular formula is C20H21ClN4O5S. The quantitative estimate of drug-likeness (QED) is 0.418. The van der Waals surface area contributed by atoms with Crippen molar-refractivity contribution in [3.8, 4) is 0 Å². The Morgan fingerprint density at radius 2 is 2.06 bits per heavy atom. The predicted octanol–water partition coefficient (Wildman–Crippen LogP) is 2.50. The molecule has 11 heteroatoms. The minimum Gasteiger partial charge on any atom is -0.398 e. The van der Waals surface area contributed by atoms with Crippen LogP contribution in [0.3, 0.4) is 0 Å². The van der Waals surface area contributed by atoms with Crippen molar-refractivity contribution >= 4 is 27.4 Å². The first-order valence-corrected chi connectivity index (χ1v) is 11.2. The van der Waals surface area contributed by atoms with Crippen LogP contribution in [-0.4, -0.2) is 42.5 Å². The van der Waals surface area contributed by atoms with Crippen LogP contribution >= 0.6 is 11.6 Å². The van der Waals surface area contributed by atoms with Crippen LogP contribution in [0, 0.1) is 6.92 Å². The molecule has 0 aliphatic carbocycles. The molecule has 1 aliphatic heterocycles. The first-order chi connectivity index (χ1) is 14.8. The second-order valence-corrected chi connectivity index (χ2v) is 9.23. The number of nitrogens with zero attached hydrogens (tertiary/aromatic N) is 3. The van der Waals surface area contributed by atoms with Gasteiger partial charge in [-0.25, -0.2) is 9.67 Å². The summed E-state index contributed by atoms with van der Waals surface area (Å²) in [5.74, 6) is -1.30. The van der Waals surface area contributed by atoms with Gasteiger partial charge in [-0.05, 0) is 31.2 Å². The molecular weight excluding hydrogens is 444 g/mol. The van der Waals surface area contributed by atoms with Crippen LogP contribution in [0.4, 0.5) is 5.69 Å². The first-order valence-electron chi connectivity index (χ1n) is 9.43. The molecule has 3 aromatic rings. The summed E-state index contributed by atoms with van der Waals surface area (Å²) >= 11 is 6.03. The van der Waals surface area contributed by atoms with E-state index in [4.69, 9.17) is 31.0 Å². The lowest BCUT2D eigenvalue weighted by atomic mass is 10.0. The van der Waals surface area contributed by atoms with E-state index >= 15 is 0 Å². The number of ether oxygens (including phenoxy) is 2. The fourth-order valence-corrected chi connectivity index (χ4v) is 4.42. The summed E-state index contributed by atoms with van der Waals surface area (Å²) in [5, 5.41) is 4.58. The van der Waals surface area contributed by atoms with E-state index in [1.54, 1.807) is 35.0 Å². The smallest absolute Gasteiger partial charge is 0.297 e. The van der Waals surface area contributed by atoms with Gasteiger partial charge in [-0.15, -0.1) is 0 Å². The molecule has 0 radical (unpaired) electrons. The van der Waals surface area contributed by atoms with Crippen molar-refractivity contribution in [3.05, 3.63) is 71.3 Å². The second-order valence-electron chi connectivity index (χ2n) is 7.18. The molecule has 2 atom stereocenters. The Morgan fingerprint density at radius 3 is 2.74 bits per heavy atom. The van der Waals surface area contributed by atoms with Crippen molar-refractivity contribution in [2.24, 2.45) is 0 Å². The van der Waals surface area contributed by atoms with Crippen molar-refractivity contribution in [2.75, 3.05) is 18.9 Å². The van der Waals surface area contributed by atoms with Gasteiger partial charge >= 0.3 is 0 Å². The summed E-state index contributed by atoms with van der Waals surface area (Å²) in [4.78, 5) is 4.01. The lowest BCUT2D eigenvalue weighted by molar-refractivity contribution is -0.190. The fourth-order valence-electron chi connectivity index (χ4n) is 3.30. The van der Waals surface area contributed by atoms with E-state index in [0.717, 1.165) is 5.56 Å². The van der Waals surface area contributed by atoms with Crippen molar-refractivity contribution < 1.29 is 22.1 Å². The van der Waals surface area contributed by atoms with Gasteiger partial charge in [-0.1, -0.05) is 35.4 Å². The lowest BCUT2D eigenvalue weighted by Gasteiger charge is -2.29. The van der Waals surface area contributed by atoms with Crippen LogP contribution < -0.4 is 5.73 Å². The second kappa shape index (κ2) is 8.56. The van der Waals surface area contributed by atoms with Crippen molar-refractivity contribution in [1.29, 1.82) is 0 Å². The minimum absolute atomic E-state index is 0.0767. The highest BCUT2D eigenvalue weighted by molar-refractivity contribution is 7.86. The Labute approximate surface area is 184 Å². The topological polar surface area (TPSA) is 119 Å². The minimum atomic E-state index is -3.94. The Bertz CT molecular complexity index is 1150. The summed E-state index contributed by atoms with van der Waals surface area (Å²) in [5.41, 5.74) is 8.05. The first kappa shape index (κ1) is 21.7.